The second-order valence-corrected chi connectivity index (χ2v) is 25.4. The van der Waals surface area contributed by atoms with Crippen molar-refractivity contribution in [2.45, 2.75) is 33.1 Å². The van der Waals surface area contributed by atoms with Gasteiger partial charge in [0.2, 0.25) is 0 Å². The first kappa shape index (κ1) is 75.6. The Kier molecular flexibility index (Phi) is 22.6. The molecule has 0 atom stereocenters. The molecule has 25 nitrogen and oxygen atoms in total. The molecule has 2 aliphatic heterocycles. The zero-order valence-corrected chi connectivity index (χ0v) is 60.7. The number of ketones is 1. The van der Waals surface area contributed by atoms with Crippen LogP contribution in [0.3, 0.4) is 0 Å². The number of hydrogen-bond donors (Lipinski definition) is 6. The molecule has 558 valence electrons. The summed E-state index contributed by atoms with van der Waals surface area (Å²) in [5.74, 6) is -1.14. The van der Waals surface area contributed by atoms with Gasteiger partial charge in [0.25, 0.3) is 0 Å². The van der Waals surface area contributed by atoms with E-state index in [9.17, 15) is 33.9 Å². The third kappa shape index (κ3) is 15.4. The summed E-state index contributed by atoms with van der Waals surface area (Å²) in [4.78, 5) is 129. The molecule has 0 saturated heterocycles. The summed E-state index contributed by atoms with van der Waals surface area (Å²) < 4.78 is 28.8. The minimum absolute atomic E-state index is 0.00767. The van der Waals surface area contributed by atoms with E-state index in [1.807, 2.05) is 133 Å². The van der Waals surface area contributed by atoms with Gasteiger partial charge < -0.3 is 55.2 Å². The van der Waals surface area contributed by atoms with E-state index in [4.69, 9.17) is 48.0 Å². The largest absolute Gasteiger partial charge is 0.507 e. The molecule has 0 fully saturated rings. The average molecular weight is 1500 g/mol. The predicted octanol–water partition coefficient (Wildman–Crippen LogP) is 15.5. The van der Waals surface area contributed by atoms with Crippen LogP contribution in [0.5, 0.6) is 5.75 Å². The summed E-state index contributed by atoms with van der Waals surface area (Å²) >= 11 is 0. The number of anilines is 5. The van der Waals surface area contributed by atoms with Crippen molar-refractivity contribution in [3.8, 4) is 50.7 Å². The highest BCUT2D eigenvalue weighted by molar-refractivity contribution is 6.11. The van der Waals surface area contributed by atoms with Crippen LogP contribution >= 0.6 is 0 Å². The van der Waals surface area contributed by atoms with Crippen LogP contribution in [0.4, 0.5) is 28.4 Å². The van der Waals surface area contributed by atoms with Gasteiger partial charge in [0.15, 0.2) is 16.6 Å². The van der Waals surface area contributed by atoms with Gasteiger partial charge in [-0.05, 0) is 120 Å². The number of benzene rings is 10. The molecule has 0 amide bonds. The molecule has 7 N–H and O–H groups in total. The maximum Gasteiger partial charge on any atom is 0.373 e. The highest BCUT2D eigenvalue weighted by Crippen LogP contribution is 2.47. The first-order valence-corrected chi connectivity index (χ1v) is 34.9. The lowest BCUT2D eigenvalue weighted by Crippen LogP contribution is -2.16. The molecular weight excluding hydrogens is 1440 g/mol. The summed E-state index contributed by atoms with van der Waals surface area (Å²) in [7, 11) is 3.96. The van der Waals surface area contributed by atoms with Gasteiger partial charge in [-0.2, -0.15) is 19.2 Å². The van der Waals surface area contributed by atoms with Gasteiger partial charge in [-0.1, -0.05) is 109 Å². The number of nitrogens with one attached hydrogen (secondary N) is 4. The van der Waals surface area contributed by atoms with Gasteiger partial charge in [0.1, 0.15) is 39.8 Å². The summed E-state index contributed by atoms with van der Waals surface area (Å²) in [6.07, 6.45) is 3.97. The Hall–Kier alpha value is -15.6. The van der Waals surface area contributed by atoms with E-state index in [1.165, 1.54) is 40.4 Å². The number of methoxy groups -OCH3 is 3. The number of phenolic OH excluding ortho intramolecular Hbond substituents is 1. The van der Waals surface area contributed by atoms with Crippen molar-refractivity contribution in [3.05, 3.63) is 296 Å². The Bertz CT molecular complexity index is 6540. The highest BCUT2D eigenvalue weighted by atomic mass is 16.5. The number of nitrogens with two attached hydrogens (primary N) is 1. The van der Waals surface area contributed by atoms with Crippen LogP contribution < -0.4 is 37.9 Å². The van der Waals surface area contributed by atoms with Crippen LogP contribution in [0.1, 0.15) is 70.9 Å². The lowest BCUT2D eigenvalue weighted by molar-refractivity contribution is -0.193. The monoisotopic (exact) mass is 1500 g/mol. The third-order valence-electron chi connectivity index (χ3n) is 18.9. The molecule has 4 aliphatic rings. The zero-order chi connectivity index (χ0) is 79.4. The Morgan fingerprint density at radius 1 is 0.407 bits per heavy atom. The second kappa shape index (κ2) is 33.7. The van der Waals surface area contributed by atoms with Crippen LogP contribution in [0.15, 0.2) is 249 Å². The average Bonchev–Trinajstić information content (AvgIpc) is 0.735. The van der Waals surface area contributed by atoms with Gasteiger partial charge >= 0.3 is 30.2 Å². The van der Waals surface area contributed by atoms with Crippen molar-refractivity contribution in [2.24, 2.45) is 0 Å². The smallest absolute Gasteiger partial charge is 0.373 e. The molecule has 0 unspecified atom stereocenters. The lowest BCUT2D eigenvalue weighted by Gasteiger charge is -2.21. The van der Waals surface area contributed by atoms with Crippen molar-refractivity contribution in [1.29, 1.82) is 0 Å². The summed E-state index contributed by atoms with van der Waals surface area (Å²) in [6.45, 7) is 1.98. The number of carbonyl (C=O) groups excluding carboxylic acids is 8. The number of nitrogens with zero attached hydrogens (tertiary/aromatic N) is 4. The van der Waals surface area contributed by atoms with E-state index < -0.39 is 17.9 Å². The number of aromatic hydroxyl groups is 1. The maximum absolute atomic E-state index is 13.8. The molecule has 2 aliphatic carbocycles. The predicted molar refractivity (Wildman–Crippen MR) is 425 cm³/mol. The van der Waals surface area contributed by atoms with Crippen LogP contribution in [-0.4, -0.2) is 82.4 Å². The minimum Gasteiger partial charge on any atom is -0.507 e. The number of pyridine rings is 4. The SMILES string of the molecule is COC(=O)c1ccc2cccc(NCc3c4oc5c(CNc6cccc7ccc(C(C)=O)nc67)c(N)ccc5c(-c5ccccc5C(=O)OC)c-4ccc3=O)c2n1.COC(=O)c1ccccc1-c1c2ccc(=O)c(CNc3cccc4cccnc34)c-2oc2c(CNc3cccc4cccnc34)c(O)ccc12.O=C=O.O=C=O. The van der Waals surface area contributed by atoms with Gasteiger partial charge in [0.05, 0.1) is 94.0 Å². The van der Waals surface area contributed by atoms with Crippen LogP contribution in [0.2, 0.25) is 0 Å². The van der Waals surface area contributed by atoms with E-state index in [2.05, 4.69) is 41.2 Å². The van der Waals surface area contributed by atoms with Gasteiger partial charge in [0, 0.05) is 111 Å². The Morgan fingerprint density at radius 3 is 1.24 bits per heavy atom. The number of para-hydroxylation sites is 4. The van der Waals surface area contributed by atoms with Crippen molar-refractivity contribution in [3.63, 3.8) is 0 Å². The van der Waals surface area contributed by atoms with Gasteiger partial charge in [-0.15, -0.1) is 0 Å². The zero-order valence-electron chi connectivity index (χ0n) is 60.7. The number of Topliss-reactive ketones (excluding diaryl/α,β-unsaturated/α-hetero) is 1. The van der Waals surface area contributed by atoms with E-state index in [1.54, 1.807) is 85.2 Å². The van der Waals surface area contributed by atoms with Gasteiger partial charge in [-0.3, -0.25) is 24.4 Å². The molecule has 12 aromatic rings. The van der Waals surface area contributed by atoms with Crippen molar-refractivity contribution in [1.82, 2.24) is 19.9 Å². The lowest BCUT2D eigenvalue weighted by atomic mass is 9.88. The number of carbonyl (C=O) groups is 4. The fourth-order valence-corrected chi connectivity index (χ4v) is 13.7. The molecule has 113 heavy (non-hydrogen) atoms. The number of ether oxygens (including phenoxy) is 3. The van der Waals surface area contributed by atoms with Gasteiger partial charge in [-0.25, -0.2) is 24.4 Å². The number of fused-ring (bicyclic) bond motifs is 8. The number of rotatable bonds is 18. The van der Waals surface area contributed by atoms with Crippen molar-refractivity contribution >= 4 is 130 Å². The summed E-state index contributed by atoms with van der Waals surface area (Å²) in [5, 5.41) is 29.8. The number of hydrogen-bond acceptors (Lipinski definition) is 25. The van der Waals surface area contributed by atoms with Crippen LogP contribution in [0.25, 0.3) is 110 Å². The van der Waals surface area contributed by atoms with E-state index in [0.717, 1.165) is 44.0 Å². The van der Waals surface area contributed by atoms with Crippen LogP contribution in [-0.2, 0) is 59.6 Å². The molecule has 0 radical (unpaired) electrons. The summed E-state index contributed by atoms with van der Waals surface area (Å²) in [6, 6.07) is 65.2. The van der Waals surface area contributed by atoms with E-state index in [0.29, 0.717) is 128 Å². The maximum atomic E-state index is 13.8. The summed E-state index contributed by atoms with van der Waals surface area (Å²) in [5.41, 5.74) is 19.5. The molecule has 16 rings (SSSR count). The fourth-order valence-electron chi connectivity index (χ4n) is 13.7. The first-order valence-electron chi connectivity index (χ1n) is 34.9. The first-order chi connectivity index (χ1) is 55.0. The third-order valence-corrected chi connectivity index (χ3v) is 18.9. The van der Waals surface area contributed by atoms with E-state index >= 15 is 0 Å². The molecule has 0 bridgehead atoms. The number of esters is 3. The quantitative estimate of drug-likeness (QED) is 0.0153. The second-order valence-electron chi connectivity index (χ2n) is 25.4. The molecule has 4 aromatic heterocycles. The molecule has 8 aromatic carbocycles. The highest BCUT2D eigenvalue weighted by Gasteiger charge is 2.30. The van der Waals surface area contributed by atoms with Crippen molar-refractivity contribution < 1.29 is 66.5 Å². The number of aromatic nitrogens is 4. The minimum atomic E-state index is -0.574. The van der Waals surface area contributed by atoms with Crippen molar-refractivity contribution in [2.75, 3.05) is 48.3 Å². The topological polar surface area (TPSA) is 371 Å². The normalized spacial score (nSPS) is 10.8. The Balaban J connectivity index is 0.000000186. The van der Waals surface area contributed by atoms with Crippen LogP contribution in [0, 0.1) is 0 Å². The molecule has 0 spiro atoms. The molecule has 6 heterocycles. The Labute approximate surface area is 641 Å². The number of nitrogen functional groups attached to an aromatic ring is 1. The van der Waals surface area contributed by atoms with E-state index in [-0.39, 0.29) is 72.3 Å². The molecular formula is C88H65N9O16. The Morgan fingerprint density at radius 2 is 0.788 bits per heavy atom. The number of phenols is 1. The standard InChI is InChI=1S/C45H35N5O7.C41H30N4O5.2CO2/c1-24(51)34-19-14-25-8-6-12-35(40(25)49-34)47-22-31-33(46)18-16-29-39(27-10-4-5-11-28(27)44(53)55-2)30-17-21-38(52)32(43(30)57-42(29)31)23-48-36-13-7-9-26-15-20-37(45(54)56-3)50-41(26)36;1-49-41(48)27-13-3-2-12-26(27)36-28-16-18-34(46)30(22-44-32-14-4-8-24-10-6-20-42-37(24)32)39(28)50-40-29(36)17-19-35(47)31(40)23-45-33-15-5-9-25-11-7-21-43-38(25)33;2*2-1-3/h4-21,47-48H,22-23,46H2,1-3H3;2-21,44-46H,22-23H2,1H3;;. The fraction of sp³-hybridized carbons (Fsp3) is 0.0909. The molecule has 25 heteroatoms. The molecule has 0 saturated carbocycles.